The molecule has 1 aromatic carbocycles. The number of piperidine rings is 1. The van der Waals surface area contributed by atoms with Crippen molar-refractivity contribution >= 4 is 12.0 Å². The molecule has 3 unspecified atom stereocenters. The molecule has 1 aromatic rings. The van der Waals surface area contributed by atoms with Crippen molar-refractivity contribution in [2.75, 3.05) is 13.1 Å². The average Bonchev–Trinajstić information content (AvgIpc) is 2.52. The summed E-state index contributed by atoms with van der Waals surface area (Å²) in [6.07, 6.45) is 1.19. The van der Waals surface area contributed by atoms with Crippen molar-refractivity contribution in [2.45, 2.75) is 44.8 Å². The monoisotopic (exact) mass is 334 g/mol. The van der Waals surface area contributed by atoms with Gasteiger partial charge in [-0.1, -0.05) is 37.3 Å². The first-order valence-electron chi connectivity index (χ1n) is 8.43. The molecule has 0 aromatic heterocycles. The van der Waals surface area contributed by atoms with Crippen molar-refractivity contribution in [3.05, 3.63) is 35.9 Å². The number of nitrogens with one attached hydrogen (secondary N) is 1. The number of nitrogens with zero attached hydrogens (tertiary/aromatic N) is 1. The van der Waals surface area contributed by atoms with E-state index < -0.39 is 12.1 Å². The smallest absolute Gasteiger partial charge is 0.317 e. The molecule has 2 amide bonds. The van der Waals surface area contributed by atoms with Crippen LogP contribution < -0.4 is 5.32 Å². The number of aliphatic carboxylic acids is 1. The Labute approximate surface area is 142 Å². The lowest BCUT2D eigenvalue weighted by Gasteiger charge is -2.35. The first-order chi connectivity index (χ1) is 11.4. The van der Waals surface area contributed by atoms with Crippen LogP contribution in [-0.2, 0) is 11.2 Å². The third kappa shape index (κ3) is 5.85. The van der Waals surface area contributed by atoms with E-state index in [1.54, 1.807) is 4.90 Å². The minimum atomic E-state index is -0.871. The largest absolute Gasteiger partial charge is 0.481 e. The van der Waals surface area contributed by atoms with Gasteiger partial charge in [0.1, 0.15) is 0 Å². The maximum Gasteiger partial charge on any atom is 0.317 e. The number of rotatable bonds is 6. The van der Waals surface area contributed by atoms with Gasteiger partial charge in [-0.3, -0.25) is 4.79 Å². The topological polar surface area (TPSA) is 89.9 Å². The molecule has 3 atom stereocenters. The van der Waals surface area contributed by atoms with Crippen LogP contribution in [0.5, 0.6) is 0 Å². The minimum absolute atomic E-state index is 0.0107. The molecule has 2 rings (SSSR count). The predicted molar refractivity (Wildman–Crippen MR) is 90.7 cm³/mol. The number of likely N-dealkylation sites (tertiary alicyclic amines) is 1. The molecular weight excluding hydrogens is 308 g/mol. The van der Waals surface area contributed by atoms with Crippen LogP contribution in [0.15, 0.2) is 30.3 Å². The zero-order valence-electron chi connectivity index (χ0n) is 14.0. The zero-order valence-corrected chi connectivity index (χ0v) is 14.0. The van der Waals surface area contributed by atoms with Crippen LogP contribution in [-0.4, -0.2) is 52.3 Å². The Morgan fingerprint density at radius 2 is 2.00 bits per heavy atom. The SMILES string of the molecule is CC1CC(O)CN(C(=O)NC(CCC(=O)O)Cc2ccccc2)C1. The van der Waals surface area contributed by atoms with Gasteiger partial charge < -0.3 is 20.4 Å². The van der Waals surface area contributed by atoms with Gasteiger partial charge >= 0.3 is 12.0 Å². The molecule has 24 heavy (non-hydrogen) atoms. The fraction of sp³-hybridized carbons (Fsp3) is 0.556. The van der Waals surface area contributed by atoms with Crippen molar-refractivity contribution in [3.63, 3.8) is 0 Å². The summed E-state index contributed by atoms with van der Waals surface area (Å²) in [5.74, 6) is -0.615. The van der Waals surface area contributed by atoms with Gasteiger partial charge in [-0.15, -0.1) is 0 Å². The fourth-order valence-electron chi connectivity index (χ4n) is 3.17. The van der Waals surface area contributed by atoms with E-state index in [1.807, 2.05) is 37.3 Å². The van der Waals surface area contributed by atoms with Gasteiger partial charge in [0.05, 0.1) is 6.10 Å². The van der Waals surface area contributed by atoms with Crippen LogP contribution >= 0.6 is 0 Å². The van der Waals surface area contributed by atoms with Crippen LogP contribution in [0.2, 0.25) is 0 Å². The van der Waals surface area contributed by atoms with E-state index in [2.05, 4.69) is 5.32 Å². The standard InChI is InChI=1S/C18H26N2O4/c1-13-9-16(21)12-20(11-13)18(24)19-15(7-8-17(22)23)10-14-5-3-2-4-6-14/h2-6,13,15-16,21H,7-12H2,1H3,(H,19,24)(H,22,23). The molecule has 0 bridgehead atoms. The number of β-amino-alcohol motifs (C(OH)–C–C–N with tert-alkyl or cyclic N) is 1. The molecule has 1 aliphatic heterocycles. The molecule has 0 spiro atoms. The van der Waals surface area contributed by atoms with Gasteiger partial charge in [-0.2, -0.15) is 0 Å². The lowest BCUT2D eigenvalue weighted by Crippen LogP contribution is -2.52. The number of aliphatic hydroxyl groups excluding tert-OH is 1. The van der Waals surface area contributed by atoms with Crippen LogP contribution in [0.25, 0.3) is 0 Å². The Bertz CT molecular complexity index is 539. The summed E-state index contributed by atoms with van der Waals surface area (Å²) in [4.78, 5) is 25.0. The third-order valence-corrected chi connectivity index (χ3v) is 4.28. The number of carbonyl (C=O) groups excluding carboxylic acids is 1. The Hall–Kier alpha value is -2.08. The number of aliphatic hydroxyl groups is 1. The first-order valence-corrected chi connectivity index (χ1v) is 8.43. The number of carboxylic acids is 1. The highest BCUT2D eigenvalue weighted by Gasteiger charge is 2.27. The van der Waals surface area contributed by atoms with Crippen LogP contribution in [0, 0.1) is 5.92 Å². The number of hydrogen-bond acceptors (Lipinski definition) is 3. The second kappa shape index (κ2) is 8.68. The number of carboxylic acid groups (broad SMARTS) is 1. The summed E-state index contributed by atoms with van der Waals surface area (Å²) in [5, 5.41) is 21.7. The van der Waals surface area contributed by atoms with Gasteiger partial charge in [0.2, 0.25) is 0 Å². The van der Waals surface area contributed by atoms with Crippen molar-refractivity contribution in [3.8, 4) is 0 Å². The summed E-state index contributed by atoms with van der Waals surface area (Å²) >= 11 is 0. The van der Waals surface area contributed by atoms with Crippen LogP contribution in [0.1, 0.15) is 31.7 Å². The normalized spacial score (nSPS) is 22.0. The molecular formula is C18H26N2O4. The zero-order chi connectivity index (χ0) is 17.5. The lowest BCUT2D eigenvalue weighted by atomic mass is 9.98. The van der Waals surface area contributed by atoms with Crippen molar-refractivity contribution < 1.29 is 19.8 Å². The highest BCUT2D eigenvalue weighted by Crippen LogP contribution is 2.17. The van der Waals surface area contributed by atoms with Crippen molar-refractivity contribution in [1.82, 2.24) is 10.2 Å². The van der Waals surface area contributed by atoms with Crippen LogP contribution in [0.3, 0.4) is 0 Å². The molecule has 132 valence electrons. The van der Waals surface area contributed by atoms with Gasteiger partial charge in [-0.25, -0.2) is 4.79 Å². The van der Waals surface area contributed by atoms with Gasteiger partial charge in [0.15, 0.2) is 0 Å². The molecule has 0 saturated carbocycles. The Balaban J connectivity index is 1.98. The number of urea groups is 1. The van der Waals surface area contributed by atoms with E-state index in [1.165, 1.54) is 0 Å². The summed E-state index contributed by atoms with van der Waals surface area (Å²) < 4.78 is 0. The maximum absolute atomic E-state index is 12.5. The number of amides is 2. The van der Waals surface area contributed by atoms with Gasteiger partial charge in [-0.05, 0) is 30.7 Å². The molecule has 6 nitrogen and oxygen atoms in total. The van der Waals surface area contributed by atoms with E-state index in [4.69, 9.17) is 5.11 Å². The second-order valence-corrected chi connectivity index (χ2v) is 6.67. The Morgan fingerprint density at radius 1 is 1.29 bits per heavy atom. The fourth-order valence-corrected chi connectivity index (χ4v) is 3.17. The molecule has 1 fully saturated rings. The van der Waals surface area contributed by atoms with E-state index >= 15 is 0 Å². The number of carbonyl (C=O) groups is 2. The summed E-state index contributed by atoms with van der Waals surface area (Å²) in [5.41, 5.74) is 1.06. The Kier molecular flexibility index (Phi) is 6.61. The van der Waals surface area contributed by atoms with E-state index in [9.17, 15) is 14.7 Å². The first kappa shape index (κ1) is 18.3. The molecule has 1 saturated heterocycles. The highest BCUT2D eigenvalue weighted by atomic mass is 16.4. The summed E-state index contributed by atoms with van der Waals surface area (Å²) in [7, 11) is 0. The highest BCUT2D eigenvalue weighted by molar-refractivity contribution is 5.75. The van der Waals surface area contributed by atoms with Crippen molar-refractivity contribution in [2.24, 2.45) is 5.92 Å². The van der Waals surface area contributed by atoms with E-state index in [0.717, 1.165) is 5.56 Å². The molecule has 0 radical (unpaired) electrons. The molecule has 3 N–H and O–H groups in total. The quantitative estimate of drug-likeness (QED) is 0.741. The van der Waals surface area contributed by atoms with Crippen molar-refractivity contribution in [1.29, 1.82) is 0 Å². The maximum atomic E-state index is 12.5. The minimum Gasteiger partial charge on any atom is -0.481 e. The van der Waals surface area contributed by atoms with E-state index in [-0.39, 0.29) is 24.4 Å². The molecule has 0 aliphatic carbocycles. The number of benzene rings is 1. The Morgan fingerprint density at radius 3 is 2.62 bits per heavy atom. The lowest BCUT2D eigenvalue weighted by molar-refractivity contribution is -0.137. The van der Waals surface area contributed by atoms with Crippen LogP contribution in [0.4, 0.5) is 4.79 Å². The van der Waals surface area contributed by atoms with E-state index in [0.29, 0.717) is 32.4 Å². The predicted octanol–water partition coefficient (Wildman–Crippen LogP) is 1.87. The summed E-state index contributed by atoms with van der Waals surface area (Å²) in [6.45, 7) is 2.95. The summed E-state index contributed by atoms with van der Waals surface area (Å²) in [6, 6.07) is 9.23. The average molecular weight is 334 g/mol. The molecule has 1 aliphatic rings. The van der Waals surface area contributed by atoms with Gasteiger partial charge in [0, 0.05) is 25.6 Å². The third-order valence-electron chi connectivity index (χ3n) is 4.28. The second-order valence-electron chi connectivity index (χ2n) is 6.67. The van der Waals surface area contributed by atoms with Gasteiger partial charge in [0.25, 0.3) is 0 Å². The molecule has 1 heterocycles. The number of hydrogen-bond donors (Lipinski definition) is 3. The molecule has 6 heteroatoms.